The van der Waals surface area contributed by atoms with Crippen molar-refractivity contribution in [2.75, 3.05) is 6.61 Å². The fraction of sp³-hybridized carbons (Fsp3) is 0.438. The molecule has 130 valence electrons. The summed E-state index contributed by atoms with van der Waals surface area (Å²) in [7, 11) is 1.85. The summed E-state index contributed by atoms with van der Waals surface area (Å²) in [5.74, 6) is 0. The minimum atomic E-state index is -0.974. The van der Waals surface area contributed by atoms with Crippen LogP contribution in [0.25, 0.3) is 0 Å². The molecule has 3 N–H and O–H groups in total. The van der Waals surface area contributed by atoms with Crippen molar-refractivity contribution in [3.8, 4) is 0 Å². The molecule has 1 heterocycles. The number of aliphatic hydroxyl groups excluding tert-OH is 2. The van der Waals surface area contributed by atoms with Gasteiger partial charge in [-0.15, -0.1) is 0 Å². The van der Waals surface area contributed by atoms with Crippen molar-refractivity contribution in [3.05, 3.63) is 57.4 Å². The number of hydrogen-bond acceptors (Lipinski definition) is 6. The van der Waals surface area contributed by atoms with Gasteiger partial charge >= 0.3 is 0 Å². The number of non-ortho nitro benzene ring substituents is 1. The first kappa shape index (κ1) is 18.1. The van der Waals surface area contributed by atoms with Crippen LogP contribution in [0.3, 0.4) is 0 Å². The second-order valence-electron chi connectivity index (χ2n) is 5.59. The molecule has 0 bridgehead atoms. The number of nitro groups is 1. The van der Waals surface area contributed by atoms with E-state index < -0.39 is 17.1 Å². The van der Waals surface area contributed by atoms with Gasteiger partial charge in [0.15, 0.2) is 0 Å². The first-order valence-electron chi connectivity index (χ1n) is 7.74. The molecular formula is C16H22N4O4. The van der Waals surface area contributed by atoms with E-state index in [0.717, 1.165) is 17.7 Å². The van der Waals surface area contributed by atoms with Crippen molar-refractivity contribution in [1.82, 2.24) is 15.1 Å². The highest BCUT2D eigenvalue weighted by Crippen LogP contribution is 2.21. The number of rotatable bonds is 8. The molecule has 2 aromatic rings. The van der Waals surface area contributed by atoms with Crippen LogP contribution in [0.1, 0.15) is 29.8 Å². The summed E-state index contributed by atoms with van der Waals surface area (Å²) in [4.78, 5) is 10.2. The average Bonchev–Trinajstić information content (AvgIpc) is 2.95. The smallest absolute Gasteiger partial charge is 0.269 e. The molecule has 1 aromatic carbocycles. The quantitative estimate of drug-likeness (QED) is 0.492. The Morgan fingerprint density at radius 1 is 1.38 bits per heavy atom. The van der Waals surface area contributed by atoms with Crippen molar-refractivity contribution in [2.24, 2.45) is 7.05 Å². The van der Waals surface area contributed by atoms with Gasteiger partial charge in [-0.2, -0.15) is 5.10 Å². The van der Waals surface area contributed by atoms with Crippen molar-refractivity contribution < 1.29 is 15.1 Å². The van der Waals surface area contributed by atoms with E-state index in [1.54, 1.807) is 4.68 Å². The van der Waals surface area contributed by atoms with Gasteiger partial charge < -0.3 is 15.5 Å². The summed E-state index contributed by atoms with van der Waals surface area (Å²) < 4.78 is 1.73. The first-order valence-corrected chi connectivity index (χ1v) is 7.74. The van der Waals surface area contributed by atoms with Crippen LogP contribution >= 0.6 is 0 Å². The largest absolute Gasteiger partial charge is 0.395 e. The highest BCUT2D eigenvalue weighted by molar-refractivity contribution is 5.34. The third-order valence-corrected chi connectivity index (χ3v) is 3.90. The van der Waals surface area contributed by atoms with Crippen LogP contribution in [0.4, 0.5) is 5.69 Å². The maximum atomic E-state index is 10.7. The lowest BCUT2D eigenvalue weighted by molar-refractivity contribution is -0.384. The highest BCUT2D eigenvalue weighted by atomic mass is 16.6. The summed E-state index contributed by atoms with van der Waals surface area (Å²) in [6.45, 7) is 2.22. The molecular weight excluding hydrogens is 312 g/mol. The number of aliphatic hydroxyl groups is 2. The predicted octanol–water partition coefficient (Wildman–Crippen LogP) is 1.07. The zero-order valence-electron chi connectivity index (χ0n) is 13.7. The van der Waals surface area contributed by atoms with Crippen LogP contribution in [-0.2, 0) is 20.0 Å². The molecule has 0 aliphatic heterocycles. The van der Waals surface area contributed by atoms with Crippen LogP contribution in [-0.4, -0.2) is 37.6 Å². The topological polar surface area (TPSA) is 113 Å². The van der Waals surface area contributed by atoms with E-state index in [-0.39, 0.29) is 12.3 Å². The third kappa shape index (κ3) is 4.16. The number of hydrogen-bond donors (Lipinski definition) is 3. The molecule has 0 fully saturated rings. The number of aromatic nitrogens is 2. The van der Waals surface area contributed by atoms with Crippen LogP contribution in [0.2, 0.25) is 0 Å². The molecule has 0 radical (unpaired) electrons. The molecule has 0 saturated carbocycles. The minimum Gasteiger partial charge on any atom is -0.395 e. The van der Waals surface area contributed by atoms with Gasteiger partial charge in [0.25, 0.3) is 5.69 Å². The van der Waals surface area contributed by atoms with Gasteiger partial charge in [0.2, 0.25) is 0 Å². The second-order valence-corrected chi connectivity index (χ2v) is 5.59. The Morgan fingerprint density at radius 2 is 2.04 bits per heavy atom. The number of nitrogens with zero attached hydrogens (tertiary/aromatic N) is 3. The van der Waals surface area contributed by atoms with E-state index in [9.17, 15) is 20.3 Å². The lowest BCUT2D eigenvalue weighted by Gasteiger charge is -2.22. The molecule has 2 rings (SSSR count). The lowest BCUT2D eigenvalue weighted by Crippen LogP contribution is -2.37. The van der Waals surface area contributed by atoms with E-state index in [4.69, 9.17) is 0 Å². The molecule has 24 heavy (non-hydrogen) atoms. The second kappa shape index (κ2) is 8.00. The molecule has 1 aromatic heterocycles. The minimum absolute atomic E-state index is 0.0394. The van der Waals surface area contributed by atoms with Gasteiger partial charge in [0.05, 0.1) is 29.4 Å². The normalized spacial score (nSPS) is 13.7. The molecule has 8 nitrogen and oxygen atoms in total. The monoisotopic (exact) mass is 334 g/mol. The summed E-state index contributed by atoms with van der Waals surface area (Å²) >= 11 is 0. The molecule has 2 unspecified atom stereocenters. The van der Waals surface area contributed by atoms with Crippen molar-refractivity contribution in [1.29, 1.82) is 0 Å². The lowest BCUT2D eigenvalue weighted by atomic mass is 10.0. The number of aryl methyl sites for hydroxylation is 2. The Hall–Kier alpha value is -2.29. The van der Waals surface area contributed by atoms with E-state index in [1.807, 2.05) is 20.2 Å². The maximum absolute atomic E-state index is 10.7. The van der Waals surface area contributed by atoms with Crippen molar-refractivity contribution in [2.45, 2.75) is 32.0 Å². The van der Waals surface area contributed by atoms with Gasteiger partial charge in [-0.1, -0.05) is 6.92 Å². The summed E-state index contributed by atoms with van der Waals surface area (Å²) in [6, 6.07) is 5.08. The first-order chi connectivity index (χ1) is 11.5. The molecule has 0 aliphatic rings. The Bertz CT molecular complexity index is 684. The van der Waals surface area contributed by atoms with Gasteiger partial charge in [0, 0.05) is 37.5 Å². The number of nitrogens with one attached hydrogen (secondary N) is 1. The molecule has 0 spiro atoms. The standard InChI is InChI=1S/C16H22N4O4/c1-3-14-12(9-19(2)18-14)8-17-15(10-21)16(22)11-4-6-13(7-5-11)20(23)24/h4-7,9,15-17,21-22H,3,8,10H2,1-2H3. The SMILES string of the molecule is CCc1nn(C)cc1CNC(CO)C(O)c1ccc([N+](=O)[O-])cc1. The summed E-state index contributed by atoms with van der Waals surface area (Å²) in [5.41, 5.74) is 2.44. The number of nitro benzene ring substituents is 1. The van der Waals surface area contributed by atoms with Gasteiger partial charge in [-0.25, -0.2) is 0 Å². The average molecular weight is 334 g/mol. The highest BCUT2D eigenvalue weighted by Gasteiger charge is 2.21. The Labute approximate surface area is 139 Å². The molecule has 2 atom stereocenters. The van der Waals surface area contributed by atoms with Crippen LogP contribution in [0.5, 0.6) is 0 Å². The van der Waals surface area contributed by atoms with E-state index in [2.05, 4.69) is 10.4 Å². The fourth-order valence-corrected chi connectivity index (χ4v) is 2.57. The summed E-state index contributed by atoms with van der Waals surface area (Å²) in [6.07, 6.45) is 1.72. The van der Waals surface area contributed by atoms with Crippen molar-refractivity contribution >= 4 is 5.69 Å². The van der Waals surface area contributed by atoms with E-state index in [1.165, 1.54) is 24.3 Å². The molecule has 0 saturated heterocycles. The summed E-state index contributed by atoms with van der Waals surface area (Å²) in [5, 5.41) is 38.1. The van der Waals surface area contributed by atoms with Gasteiger partial charge in [0.1, 0.15) is 0 Å². The van der Waals surface area contributed by atoms with Gasteiger partial charge in [-0.3, -0.25) is 14.8 Å². The third-order valence-electron chi connectivity index (χ3n) is 3.90. The zero-order chi connectivity index (χ0) is 17.7. The predicted molar refractivity (Wildman–Crippen MR) is 88.4 cm³/mol. The van der Waals surface area contributed by atoms with E-state index >= 15 is 0 Å². The molecule has 0 aliphatic carbocycles. The van der Waals surface area contributed by atoms with Gasteiger partial charge in [-0.05, 0) is 24.1 Å². The molecule has 8 heteroatoms. The maximum Gasteiger partial charge on any atom is 0.269 e. The Balaban J connectivity index is 2.05. The fourth-order valence-electron chi connectivity index (χ4n) is 2.57. The zero-order valence-corrected chi connectivity index (χ0v) is 13.7. The van der Waals surface area contributed by atoms with Crippen LogP contribution in [0, 0.1) is 10.1 Å². The van der Waals surface area contributed by atoms with Crippen molar-refractivity contribution in [3.63, 3.8) is 0 Å². The van der Waals surface area contributed by atoms with Crippen LogP contribution < -0.4 is 5.32 Å². The Kier molecular flexibility index (Phi) is 6.02. The Morgan fingerprint density at radius 3 is 2.58 bits per heavy atom. The molecule has 0 amide bonds. The van der Waals surface area contributed by atoms with Crippen LogP contribution in [0.15, 0.2) is 30.5 Å². The number of benzene rings is 1. The van der Waals surface area contributed by atoms with E-state index in [0.29, 0.717) is 12.1 Å².